The highest BCUT2D eigenvalue weighted by atomic mass is 32.2. The van der Waals surface area contributed by atoms with Crippen LogP contribution in [0.5, 0.6) is 0 Å². The number of thioether (sulfide) groups is 1. The average Bonchev–Trinajstić information content (AvgIpc) is 2.87. The summed E-state index contributed by atoms with van der Waals surface area (Å²) in [6.07, 6.45) is 0. The van der Waals surface area contributed by atoms with Gasteiger partial charge in [0.2, 0.25) is 5.89 Å². The van der Waals surface area contributed by atoms with Crippen molar-refractivity contribution in [1.29, 1.82) is 0 Å². The number of benzene rings is 1. The number of rotatable bonds is 3. The maximum atomic E-state index is 12.2. The van der Waals surface area contributed by atoms with Crippen molar-refractivity contribution in [2.75, 3.05) is 0 Å². The van der Waals surface area contributed by atoms with E-state index in [1.807, 2.05) is 18.2 Å². The van der Waals surface area contributed by atoms with Crippen LogP contribution in [0.25, 0.3) is 10.9 Å². The first kappa shape index (κ1) is 12.9. The molecule has 2 heterocycles. The van der Waals surface area contributed by atoms with Crippen LogP contribution in [0.4, 0.5) is 0 Å². The minimum Gasteiger partial charge on any atom is -0.340 e. The second kappa shape index (κ2) is 5.09. The van der Waals surface area contributed by atoms with Crippen molar-refractivity contribution >= 4 is 22.7 Å². The number of fused-ring (bicyclic) bond motifs is 1. The lowest BCUT2D eigenvalue weighted by molar-refractivity contribution is 0.389. The van der Waals surface area contributed by atoms with Crippen molar-refractivity contribution in [3.8, 4) is 0 Å². The molecule has 20 heavy (non-hydrogen) atoms. The van der Waals surface area contributed by atoms with E-state index >= 15 is 0 Å². The lowest BCUT2D eigenvalue weighted by Gasteiger charge is -2.07. The van der Waals surface area contributed by atoms with Crippen molar-refractivity contribution in [2.24, 2.45) is 7.05 Å². The van der Waals surface area contributed by atoms with Crippen LogP contribution in [0.2, 0.25) is 0 Å². The van der Waals surface area contributed by atoms with E-state index in [0.29, 0.717) is 33.5 Å². The van der Waals surface area contributed by atoms with E-state index in [9.17, 15) is 4.79 Å². The van der Waals surface area contributed by atoms with Crippen LogP contribution in [-0.4, -0.2) is 19.7 Å². The molecule has 6 nitrogen and oxygen atoms in total. The van der Waals surface area contributed by atoms with E-state index in [4.69, 9.17) is 4.52 Å². The van der Waals surface area contributed by atoms with Crippen molar-refractivity contribution in [3.63, 3.8) is 0 Å². The van der Waals surface area contributed by atoms with Crippen LogP contribution in [-0.2, 0) is 12.8 Å². The minimum absolute atomic E-state index is 0.0533. The molecule has 0 N–H and O–H groups in total. The molecule has 0 unspecified atom stereocenters. The zero-order chi connectivity index (χ0) is 14.1. The monoisotopic (exact) mass is 288 g/mol. The van der Waals surface area contributed by atoms with Gasteiger partial charge in [0, 0.05) is 14.0 Å². The van der Waals surface area contributed by atoms with Gasteiger partial charge in [-0.05, 0) is 12.1 Å². The second-order valence-electron chi connectivity index (χ2n) is 4.29. The summed E-state index contributed by atoms with van der Waals surface area (Å²) in [5, 5.41) is 5.08. The molecule has 3 rings (SSSR count). The summed E-state index contributed by atoms with van der Waals surface area (Å²) in [6.45, 7) is 1.74. The first-order valence-corrected chi connectivity index (χ1v) is 7.01. The normalized spacial score (nSPS) is 11.1. The molecule has 0 saturated carbocycles. The number of hydrogen-bond acceptors (Lipinski definition) is 6. The van der Waals surface area contributed by atoms with Gasteiger partial charge in [-0.25, -0.2) is 4.98 Å². The third kappa shape index (κ3) is 2.32. The average molecular weight is 288 g/mol. The Morgan fingerprint density at radius 1 is 1.30 bits per heavy atom. The fourth-order valence-corrected chi connectivity index (χ4v) is 2.67. The van der Waals surface area contributed by atoms with E-state index in [-0.39, 0.29) is 5.56 Å². The molecule has 0 aliphatic heterocycles. The molecule has 0 atom stereocenters. The molecule has 1 aromatic carbocycles. The van der Waals surface area contributed by atoms with Crippen LogP contribution >= 0.6 is 11.8 Å². The fourth-order valence-electron chi connectivity index (χ4n) is 1.86. The molecule has 3 aromatic rings. The minimum atomic E-state index is -0.0533. The van der Waals surface area contributed by atoms with Gasteiger partial charge in [0.25, 0.3) is 5.56 Å². The van der Waals surface area contributed by atoms with Gasteiger partial charge in [-0.2, -0.15) is 4.98 Å². The quantitative estimate of drug-likeness (QED) is 0.541. The molecular weight excluding hydrogens is 276 g/mol. The first-order valence-electron chi connectivity index (χ1n) is 6.03. The molecule has 0 saturated heterocycles. The Hall–Kier alpha value is -2.15. The standard InChI is InChI=1S/C13H12N4O2S/c1-8-14-11(16-19-8)7-20-13-15-10-6-4-3-5-9(10)12(18)17(13)2/h3-6H,7H2,1-2H3. The van der Waals surface area contributed by atoms with Gasteiger partial charge in [-0.3, -0.25) is 9.36 Å². The molecule has 0 aliphatic carbocycles. The van der Waals surface area contributed by atoms with Crippen molar-refractivity contribution in [2.45, 2.75) is 17.8 Å². The molecule has 0 spiro atoms. The Balaban J connectivity index is 1.95. The highest BCUT2D eigenvalue weighted by Crippen LogP contribution is 2.20. The summed E-state index contributed by atoms with van der Waals surface area (Å²) < 4.78 is 6.46. The lowest BCUT2D eigenvalue weighted by atomic mass is 10.2. The van der Waals surface area contributed by atoms with E-state index in [1.165, 1.54) is 11.8 Å². The number of nitrogens with zero attached hydrogens (tertiary/aromatic N) is 4. The van der Waals surface area contributed by atoms with Crippen molar-refractivity contribution < 1.29 is 4.52 Å². The Kier molecular flexibility index (Phi) is 3.27. The smallest absolute Gasteiger partial charge is 0.261 e. The highest BCUT2D eigenvalue weighted by molar-refractivity contribution is 7.98. The van der Waals surface area contributed by atoms with Gasteiger partial charge in [0.05, 0.1) is 16.7 Å². The molecule has 102 valence electrons. The van der Waals surface area contributed by atoms with Gasteiger partial charge in [-0.1, -0.05) is 29.1 Å². The number of aromatic nitrogens is 4. The zero-order valence-corrected chi connectivity index (χ0v) is 11.8. The van der Waals surface area contributed by atoms with Gasteiger partial charge in [0.15, 0.2) is 11.0 Å². The summed E-state index contributed by atoms with van der Waals surface area (Å²) in [4.78, 5) is 20.8. The van der Waals surface area contributed by atoms with E-state index in [1.54, 1.807) is 24.6 Å². The lowest BCUT2D eigenvalue weighted by Crippen LogP contribution is -2.19. The molecule has 0 fully saturated rings. The van der Waals surface area contributed by atoms with Crippen molar-refractivity contribution in [1.82, 2.24) is 19.7 Å². The predicted octanol–water partition coefficient (Wildman–Crippen LogP) is 1.92. The number of para-hydroxylation sites is 1. The molecule has 0 aliphatic rings. The van der Waals surface area contributed by atoms with E-state index < -0.39 is 0 Å². The summed E-state index contributed by atoms with van der Waals surface area (Å²) in [5.41, 5.74) is 0.643. The van der Waals surface area contributed by atoms with Crippen molar-refractivity contribution in [3.05, 3.63) is 46.3 Å². The topological polar surface area (TPSA) is 73.8 Å². The summed E-state index contributed by atoms with van der Waals surface area (Å²) in [5.74, 6) is 1.63. The third-order valence-electron chi connectivity index (χ3n) is 2.84. The zero-order valence-electron chi connectivity index (χ0n) is 11.0. The highest BCUT2D eigenvalue weighted by Gasteiger charge is 2.10. The summed E-state index contributed by atoms with van der Waals surface area (Å²) in [6, 6.07) is 7.31. The predicted molar refractivity (Wildman–Crippen MR) is 75.6 cm³/mol. The molecule has 0 bridgehead atoms. The van der Waals surface area contributed by atoms with Gasteiger partial charge in [-0.15, -0.1) is 0 Å². The van der Waals surface area contributed by atoms with Gasteiger partial charge >= 0.3 is 0 Å². The fraction of sp³-hybridized carbons (Fsp3) is 0.231. The van der Waals surface area contributed by atoms with Crippen LogP contribution in [0.3, 0.4) is 0 Å². The SMILES string of the molecule is Cc1nc(CSc2nc3ccccc3c(=O)n2C)no1. The van der Waals surface area contributed by atoms with Gasteiger partial charge < -0.3 is 4.52 Å². The molecule has 2 aromatic heterocycles. The third-order valence-corrected chi connectivity index (χ3v) is 3.87. The Labute approximate surface area is 118 Å². The van der Waals surface area contributed by atoms with Crippen LogP contribution in [0.15, 0.2) is 38.7 Å². The Morgan fingerprint density at radius 3 is 2.85 bits per heavy atom. The summed E-state index contributed by atoms with van der Waals surface area (Å²) in [7, 11) is 1.71. The Morgan fingerprint density at radius 2 is 2.10 bits per heavy atom. The maximum absolute atomic E-state index is 12.2. The Bertz CT molecular complexity index is 825. The largest absolute Gasteiger partial charge is 0.340 e. The van der Waals surface area contributed by atoms with Crippen LogP contribution < -0.4 is 5.56 Å². The number of aryl methyl sites for hydroxylation is 1. The van der Waals surface area contributed by atoms with Crippen LogP contribution in [0, 0.1) is 6.92 Å². The first-order chi connectivity index (χ1) is 9.65. The van der Waals surface area contributed by atoms with E-state index in [0.717, 1.165) is 0 Å². The van der Waals surface area contributed by atoms with Gasteiger partial charge in [0.1, 0.15) is 0 Å². The second-order valence-corrected chi connectivity index (χ2v) is 5.24. The number of hydrogen-bond donors (Lipinski definition) is 0. The molecule has 0 radical (unpaired) electrons. The molecule has 7 heteroatoms. The molecular formula is C13H12N4O2S. The maximum Gasteiger partial charge on any atom is 0.261 e. The van der Waals surface area contributed by atoms with E-state index in [2.05, 4.69) is 15.1 Å². The molecule has 0 amide bonds. The summed E-state index contributed by atoms with van der Waals surface area (Å²) >= 11 is 1.41. The van der Waals surface area contributed by atoms with Crippen LogP contribution in [0.1, 0.15) is 11.7 Å².